The van der Waals surface area contributed by atoms with Crippen molar-refractivity contribution in [2.75, 3.05) is 12.8 Å². The Bertz CT molecular complexity index is 653. The quantitative estimate of drug-likeness (QED) is 0.816. The second-order valence-electron chi connectivity index (χ2n) is 4.35. The second-order valence-corrected chi connectivity index (χ2v) is 5.13. The van der Waals surface area contributed by atoms with Crippen LogP contribution in [0.15, 0.2) is 29.6 Å². The summed E-state index contributed by atoms with van der Waals surface area (Å²) in [6, 6.07) is 5.50. The summed E-state index contributed by atoms with van der Waals surface area (Å²) in [4.78, 5) is 27.2. The third-order valence-electron chi connectivity index (χ3n) is 2.90. The van der Waals surface area contributed by atoms with E-state index in [1.807, 2.05) is 35.1 Å². The van der Waals surface area contributed by atoms with Crippen LogP contribution in [0, 0.1) is 5.92 Å². The number of carbonyl (C=O) groups excluding carboxylic acids is 1. The van der Waals surface area contributed by atoms with Crippen LogP contribution in [-0.2, 0) is 4.79 Å². The molecule has 0 aliphatic carbocycles. The molecule has 20 heavy (non-hydrogen) atoms. The number of rotatable bonds is 5. The lowest BCUT2D eigenvalue weighted by Crippen LogP contribution is -2.31. The number of hydrogen-bond acceptors (Lipinski definition) is 4. The smallest absolute Gasteiger partial charge is 0.308 e. The van der Waals surface area contributed by atoms with E-state index in [2.05, 4.69) is 10.3 Å². The summed E-state index contributed by atoms with van der Waals surface area (Å²) in [6.45, 7) is 1.62. The molecule has 6 nitrogen and oxygen atoms in total. The third-order valence-corrected chi connectivity index (χ3v) is 3.56. The third kappa shape index (κ3) is 2.77. The largest absolute Gasteiger partial charge is 0.481 e. The molecule has 0 saturated heterocycles. The molecule has 0 aromatic carbocycles. The summed E-state index contributed by atoms with van der Waals surface area (Å²) in [5.74, 6) is -1.93. The average molecular weight is 293 g/mol. The number of thioether (sulfide) groups is 1. The molecule has 2 heterocycles. The first-order valence-electron chi connectivity index (χ1n) is 6.06. The molecule has 1 atom stereocenters. The summed E-state index contributed by atoms with van der Waals surface area (Å²) >= 11 is 1.44. The van der Waals surface area contributed by atoms with Gasteiger partial charge in [0.05, 0.1) is 11.4 Å². The van der Waals surface area contributed by atoms with Gasteiger partial charge in [-0.1, -0.05) is 24.8 Å². The number of carboxylic acids is 1. The monoisotopic (exact) mass is 293 g/mol. The molecular weight excluding hydrogens is 278 g/mol. The van der Waals surface area contributed by atoms with E-state index >= 15 is 0 Å². The number of nitrogens with zero attached hydrogens (tertiary/aromatic N) is 2. The molecule has 2 aromatic rings. The van der Waals surface area contributed by atoms with E-state index in [9.17, 15) is 9.59 Å². The highest BCUT2D eigenvalue weighted by Gasteiger charge is 2.18. The molecule has 2 rings (SSSR count). The first-order chi connectivity index (χ1) is 9.54. The number of aliphatic carboxylic acids is 1. The van der Waals surface area contributed by atoms with Crippen molar-refractivity contribution >= 4 is 29.2 Å². The van der Waals surface area contributed by atoms with Crippen LogP contribution in [0.25, 0.3) is 5.52 Å². The van der Waals surface area contributed by atoms with Crippen molar-refractivity contribution in [3.05, 3.63) is 30.1 Å². The molecule has 2 N–H and O–H groups in total. The molecule has 7 heteroatoms. The Hall–Kier alpha value is -2.02. The summed E-state index contributed by atoms with van der Waals surface area (Å²) in [5, 5.41) is 12.1. The van der Waals surface area contributed by atoms with Crippen LogP contribution in [0.3, 0.4) is 0 Å². The molecule has 0 radical (unpaired) electrons. The summed E-state index contributed by atoms with van der Waals surface area (Å²) in [6.07, 6.45) is 3.72. The van der Waals surface area contributed by atoms with E-state index in [4.69, 9.17) is 5.11 Å². The van der Waals surface area contributed by atoms with E-state index in [0.29, 0.717) is 11.2 Å². The highest BCUT2D eigenvalue weighted by atomic mass is 32.2. The molecule has 1 amide bonds. The van der Waals surface area contributed by atoms with Crippen molar-refractivity contribution in [2.24, 2.45) is 5.92 Å². The van der Waals surface area contributed by atoms with Gasteiger partial charge in [0.1, 0.15) is 0 Å². The predicted octanol–water partition coefficient (Wildman–Crippen LogP) is 1.51. The molecule has 106 valence electrons. The number of hydrogen-bond donors (Lipinski definition) is 2. The topological polar surface area (TPSA) is 83.7 Å². The SMILES string of the molecule is CSc1nc(C(=O)NCC(C)C(=O)O)c2ccccn12. The fraction of sp³-hybridized carbons (Fsp3) is 0.308. The number of pyridine rings is 1. The maximum absolute atomic E-state index is 12.1. The van der Waals surface area contributed by atoms with Crippen molar-refractivity contribution in [3.63, 3.8) is 0 Å². The van der Waals surface area contributed by atoms with E-state index in [-0.39, 0.29) is 12.5 Å². The van der Waals surface area contributed by atoms with Gasteiger partial charge in [-0.25, -0.2) is 4.98 Å². The minimum absolute atomic E-state index is 0.0780. The maximum Gasteiger partial charge on any atom is 0.308 e. The first kappa shape index (κ1) is 14.4. The van der Waals surface area contributed by atoms with E-state index in [1.165, 1.54) is 11.8 Å². The summed E-state index contributed by atoms with van der Waals surface area (Å²) < 4.78 is 1.83. The lowest BCUT2D eigenvalue weighted by atomic mass is 10.2. The van der Waals surface area contributed by atoms with Gasteiger partial charge in [-0.05, 0) is 18.4 Å². The van der Waals surface area contributed by atoms with Gasteiger partial charge in [0.25, 0.3) is 5.91 Å². The van der Waals surface area contributed by atoms with Crippen LogP contribution in [0.1, 0.15) is 17.4 Å². The normalized spacial score (nSPS) is 12.3. The highest BCUT2D eigenvalue weighted by Crippen LogP contribution is 2.19. The highest BCUT2D eigenvalue weighted by molar-refractivity contribution is 7.98. The van der Waals surface area contributed by atoms with Crippen molar-refractivity contribution < 1.29 is 14.7 Å². The van der Waals surface area contributed by atoms with E-state index in [1.54, 1.807) is 6.92 Å². The Morgan fingerprint density at radius 2 is 2.25 bits per heavy atom. The number of imidazole rings is 1. The maximum atomic E-state index is 12.1. The number of carboxylic acid groups (broad SMARTS) is 1. The summed E-state index contributed by atoms with van der Waals surface area (Å²) in [7, 11) is 0. The van der Waals surface area contributed by atoms with Gasteiger partial charge in [-0.2, -0.15) is 0 Å². The van der Waals surface area contributed by atoms with Crippen LogP contribution in [0.4, 0.5) is 0 Å². The van der Waals surface area contributed by atoms with Gasteiger partial charge in [0.15, 0.2) is 10.9 Å². The Morgan fingerprint density at radius 3 is 2.90 bits per heavy atom. The fourth-order valence-corrected chi connectivity index (χ4v) is 2.28. The lowest BCUT2D eigenvalue weighted by Gasteiger charge is -2.07. The van der Waals surface area contributed by atoms with Crippen LogP contribution in [-0.4, -0.2) is 39.2 Å². The van der Waals surface area contributed by atoms with Crippen molar-refractivity contribution in [1.29, 1.82) is 0 Å². The van der Waals surface area contributed by atoms with Crippen LogP contribution in [0.2, 0.25) is 0 Å². The van der Waals surface area contributed by atoms with E-state index < -0.39 is 11.9 Å². The number of carbonyl (C=O) groups is 2. The van der Waals surface area contributed by atoms with Gasteiger partial charge in [-0.15, -0.1) is 0 Å². The van der Waals surface area contributed by atoms with E-state index in [0.717, 1.165) is 5.16 Å². The molecule has 0 spiro atoms. The van der Waals surface area contributed by atoms with Gasteiger partial charge in [-0.3, -0.25) is 14.0 Å². The predicted molar refractivity (Wildman–Crippen MR) is 76.1 cm³/mol. The molecule has 0 bridgehead atoms. The molecule has 0 aliphatic heterocycles. The summed E-state index contributed by atoms with van der Waals surface area (Å²) in [5.41, 5.74) is 1.02. The zero-order valence-electron chi connectivity index (χ0n) is 11.2. The van der Waals surface area contributed by atoms with Crippen molar-refractivity contribution in [2.45, 2.75) is 12.1 Å². The lowest BCUT2D eigenvalue weighted by molar-refractivity contribution is -0.140. The number of amides is 1. The van der Waals surface area contributed by atoms with Gasteiger partial charge in [0, 0.05) is 12.7 Å². The minimum atomic E-state index is -0.940. The molecule has 2 aromatic heterocycles. The Balaban J connectivity index is 2.24. The fourth-order valence-electron chi connectivity index (χ4n) is 1.74. The zero-order valence-corrected chi connectivity index (χ0v) is 12.0. The van der Waals surface area contributed by atoms with Crippen LogP contribution in [0.5, 0.6) is 0 Å². The Morgan fingerprint density at radius 1 is 1.50 bits per heavy atom. The number of aromatic nitrogens is 2. The van der Waals surface area contributed by atoms with Gasteiger partial charge >= 0.3 is 5.97 Å². The second kappa shape index (κ2) is 5.96. The van der Waals surface area contributed by atoms with Gasteiger partial charge < -0.3 is 10.4 Å². The molecular formula is C13H15N3O3S. The molecule has 1 unspecified atom stereocenters. The average Bonchev–Trinajstić information content (AvgIpc) is 2.83. The van der Waals surface area contributed by atoms with Crippen molar-refractivity contribution in [1.82, 2.24) is 14.7 Å². The molecule has 0 aliphatic rings. The van der Waals surface area contributed by atoms with Crippen molar-refractivity contribution in [3.8, 4) is 0 Å². The Kier molecular flexibility index (Phi) is 4.29. The number of fused-ring (bicyclic) bond motifs is 1. The Labute approximate surface area is 120 Å². The van der Waals surface area contributed by atoms with Crippen LogP contribution < -0.4 is 5.32 Å². The zero-order chi connectivity index (χ0) is 14.7. The van der Waals surface area contributed by atoms with Crippen LogP contribution >= 0.6 is 11.8 Å². The standard InChI is InChI=1S/C13H15N3O3S/c1-8(12(18)19)7-14-11(17)10-9-5-3-4-6-16(9)13(15-10)20-2/h3-6,8H,7H2,1-2H3,(H,14,17)(H,18,19). The van der Waals surface area contributed by atoms with Gasteiger partial charge in [0.2, 0.25) is 0 Å². The number of nitrogens with one attached hydrogen (secondary N) is 1. The minimum Gasteiger partial charge on any atom is -0.481 e. The molecule has 0 saturated carbocycles. The molecule has 0 fully saturated rings. The first-order valence-corrected chi connectivity index (χ1v) is 7.29.